The van der Waals surface area contributed by atoms with Gasteiger partial charge in [-0.25, -0.2) is 4.79 Å². The van der Waals surface area contributed by atoms with Crippen molar-refractivity contribution < 1.29 is 9.53 Å². The Hall–Kier alpha value is -1.71. The Labute approximate surface area is 120 Å². The first-order valence-electron chi connectivity index (χ1n) is 7.50. The zero-order valence-electron chi connectivity index (χ0n) is 12.4. The highest BCUT2D eigenvalue weighted by Crippen LogP contribution is 2.31. The third-order valence-electron chi connectivity index (χ3n) is 3.92. The fourth-order valence-corrected chi connectivity index (χ4v) is 2.92. The molecule has 1 aliphatic heterocycles. The summed E-state index contributed by atoms with van der Waals surface area (Å²) in [5.74, 6) is -0.282. The molecular formula is C16H24N2O2. The minimum absolute atomic E-state index is 0.282. The smallest absolute Gasteiger partial charge is 0.340 e. The van der Waals surface area contributed by atoms with Gasteiger partial charge in [-0.1, -0.05) is 6.92 Å². The molecule has 4 nitrogen and oxygen atoms in total. The van der Waals surface area contributed by atoms with Crippen LogP contribution in [0.15, 0.2) is 18.2 Å². The molecule has 0 radical (unpaired) electrons. The number of esters is 1. The van der Waals surface area contributed by atoms with Crippen LogP contribution in [-0.2, 0) is 4.74 Å². The Morgan fingerprint density at radius 2 is 2.20 bits per heavy atom. The Kier molecular flexibility index (Phi) is 4.88. The van der Waals surface area contributed by atoms with Crippen LogP contribution in [0.1, 0.15) is 49.9 Å². The number of nitrogen functional groups attached to an aromatic ring is 1. The topological polar surface area (TPSA) is 55.6 Å². The maximum absolute atomic E-state index is 12.2. The van der Waals surface area contributed by atoms with E-state index >= 15 is 0 Å². The van der Waals surface area contributed by atoms with Gasteiger partial charge in [0.1, 0.15) is 0 Å². The van der Waals surface area contributed by atoms with Crippen molar-refractivity contribution >= 4 is 17.3 Å². The predicted molar refractivity (Wildman–Crippen MR) is 82.1 cm³/mol. The van der Waals surface area contributed by atoms with Gasteiger partial charge in [-0.3, -0.25) is 0 Å². The van der Waals surface area contributed by atoms with Gasteiger partial charge in [-0.15, -0.1) is 0 Å². The van der Waals surface area contributed by atoms with Gasteiger partial charge in [0, 0.05) is 18.3 Å². The zero-order valence-corrected chi connectivity index (χ0v) is 12.4. The second-order valence-corrected chi connectivity index (χ2v) is 5.25. The number of nitrogens with two attached hydrogens (primary N) is 1. The number of piperidine rings is 1. The summed E-state index contributed by atoms with van der Waals surface area (Å²) >= 11 is 0. The van der Waals surface area contributed by atoms with Crippen LogP contribution in [-0.4, -0.2) is 25.2 Å². The molecule has 0 bridgehead atoms. The second kappa shape index (κ2) is 6.64. The summed E-state index contributed by atoms with van der Waals surface area (Å²) in [6.07, 6.45) is 4.71. The molecule has 1 aromatic carbocycles. The third kappa shape index (κ3) is 3.06. The summed E-state index contributed by atoms with van der Waals surface area (Å²) in [5, 5.41) is 0. The molecule has 4 heteroatoms. The molecule has 2 rings (SSSR count). The lowest BCUT2D eigenvalue weighted by Crippen LogP contribution is -2.40. The van der Waals surface area contributed by atoms with Crippen LogP contribution in [0, 0.1) is 0 Å². The van der Waals surface area contributed by atoms with E-state index in [9.17, 15) is 4.79 Å². The van der Waals surface area contributed by atoms with Crippen molar-refractivity contribution in [3.8, 4) is 0 Å². The fourth-order valence-electron chi connectivity index (χ4n) is 2.92. The molecule has 0 saturated carbocycles. The maximum Gasteiger partial charge on any atom is 0.340 e. The lowest BCUT2D eigenvalue weighted by atomic mass is 9.97. The number of nitrogens with zero attached hydrogens (tertiary/aromatic N) is 1. The summed E-state index contributed by atoms with van der Waals surface area (Å²) in [6.45, 7) is 5.39. The van der Waals surface area contributed by atoms with Gasteiger partial charge in [-0.05, 0) is 50.8 Å². The quantitative estimate of drug-likeness (QED) is 0.677. The lowest BCUT2D eigenvalue weighted by Gasteiger charge is -2.38. The standard InChI is InChI=1S/C16H24N2O2/c1-3-13-7-5-6-10-18(13)15-9-8-12(17)11-14(15)16(19)20-4-2/h8-9,11,13H,3-7,10,17H2,1-2H3. The first-order chi connectivity index (χ1) is 9.67. The van der Waals surface area contributed by atoms with Crippen LogP contribution in [0.2, 0.25) is 0 Å². The molecule has 20 heavy (non-hydrogen) atoms. The number of benzene rings is 1. The number of carbonyl (C=O) groups is 1. The van der Waals surface area contributed by atoms with Crippen molar-refractivity contribution in [3.05, 3.63) is 23.8 Å². The molecule has 0 spiro atoms. The number of ether oxygens (including phenoxy) is 1. The average Bonchev–Trinajstić information content (AvgIpc) is 2.47. The van der Waals surface area contributed by atoms with Crippen molar-refractivity contribution in [2.24, 2.45) is 0 Å². The van der Waals surface area contributed by atoms with Crippen molar-refractivity contribution in [3.63, 3.8) is 0 Å². The summed E-state index contributed by atoms with van der Waals surface area (Å²) in [4.78, 5) is 14.5. The van der Waals surface area contributed by atoms with Crippen LogP contribution in [0.25, 0.3) is 0 Å². The predicted octanol–water partition coefficient (Wildman–Crippen LogP) is 3.21. The van der Waals surface area contributed by atoms with Gasteiger partial charge in [0.25, 0.3) is 0 Å². The first kappa shape index (κ1) is 14.7. The van der Waals surface area contributed by atoms with E-state index in [1.54, 1.807) is 6.07 Å². The van der Waals surface area contributed by atoms with E-state index in [2.05, 4.69) is 11.8 Å². The van der Waals surface area contributed by atoms with E-state index in [0.29, 0.717) is 23.9 Å². The summed E-state index contributed by atoms with van der Waals surface area (Å²) in [5.41, 5.74) is 7.98. The van der Waals surface area contributed by atoms with E-state index in [0.717, 1.165) is 18.7 Å². The molecule has 0 aromatic heterocycles. The summed E-state index contributed by atoms with van der Waals surface area (Å²) < 4.78 is 5.16. The molecule has 0 aliphatic carbocycles. The van der Waals surface area contributed by atoms with Crippen LogP contribution in [0.3, 0.4) is 0 Å². The molecule has 0 amide bonds. The Morgan fingerprint density at radius 3 is 2.90 bits per heavy atom. The molecule has 1 aliphatic rings. The van der Waals surface area contributed by atoms with Crippen molar-refractivity contribution in [2.75, 3.05) is 23.8 Å². The van der Waals surface area contributed by atoms with E-state index < -0.39 is 0 Å². The van der Waals surface area contributed by atoms with E-state index in [1.165, 1.54) is 19.3 Å². The normalized spacial score (nSPS) is 18.9. The molecule has 1 fully saturated rings. The number of rotatable bonds is 4. The first-order valence-corrected chi connectivity index (χ1v) is 7.50. The van der Waals surface area contributed by atoms with E-state index in [1.807, 2.05) is 19.1 Å². The molecule has 1 heterocycles. The highest BCUT2D eigenvalue weighted by Gasteiger charge is 2.25. The number of hydrogen-bond donors (Lipinski definition) is 1. The molecule has 1 unspecified atom stereocenters. The minimum atomic E-state index is -0.282. The largest absolute Gasteiger partial charge is 0.462 e. The summed E-state index contributed by atoms with van der Waals surface area (Å²) in [6, 6.07) is 6.05. The van der Waals surface area contributed by atoms with Gasteiger partial charge in [0.15, 0.2) is 0 Å². The van der Waals surface area contributed by atoms with Crippen LogP contribution in [0.5, 0.6) is 0 Å². The van der Waals surface area contributed by atoms with E-state index in [-0.39, 0.29) is 5.97 Å². The fraction of sp³-hybridized carbons (Fsp3) is 0.562. The van der Waals surface area contributed by atoms with Gasteiger partial charge in [0.2, 0.25) is 0 Å². The van der Waals surface area contributed by atoms with Gasteiger partial charge >= 0.3 is 5.97 Å². The van der Waals surface area contributed by atoms with Crippen molar-refractivity contribution in [1.29, 1.82) is 0 Å². The molecular weight excluding hydrogens is 252 g/mol. The molecule has 1 aromatic rings. The SMILES string of the molecule is CCOC(=O)c1cc(N)ccc1N1CCCCC1CC. The van der Waals surface area contributed by atoms with Gasteiger partial charge in [-0.2, -0.15) is 0 Å². The maximum atomic E-state index is 12.2. The van der Waals surface area contributed by atoms with Crippen molar-refractivity contribution in [2.45, 2.75) is 45.6 Å². The van der Waals surface area contributed by atoms with Crippen LogP contribution in [0.4, 0.5) is 11.4 Å². The van der Waals surface area contributed by atoms with E-state index in [4.69, 9.17) is 10.5 Å². The van der Waals surface area contributed by atoms with Crippen LogP contribution >= 0.6 is 0 Å². The van der Waals surface area contributed by atoms with Crippen molar-refractivity contribution in [1.82, 2.24) is 0 Å². The number of hydrogen-bond acceptors (Lipinski definition) is 4. The monoisotopic (exact) mass is 276 g/mol. The number of anilines is 2. The number of carbonyl (C=O) groups excluding carboxylic acids is 1. The van der Waals surface area contributed by atoms with Gasteiger partial charge in [0.05, 0.1) is 17.9 Å². The minimum Gasteiger partial charge on any atom is -0.462 e. The molecule has 1 saturated heterocycles. The Bertz CT molecular complexity index is 474. The zero-order chi connectivity index (χ0) is 14.5. The highest BCUT2D eigenvalue weighted by atomic mass is 16.5. The Balaban J connectivity index is 2.36. The Morgan fingerprint density at radius 1 is 1.40 bits per heavy atom. The average molecular weight is 276 g/mol. The van der Waals surface area contributed by atoms with Gasteiger partial charge < -0.3 is 15.4 Å². The van der Waals surface area contributed by atoms with Crippen LogP contribution < -0.4 is 10.6 Å². The molecule has 1 atom stereocenters. The summed E-state index contributed by atoms with van der Waals surface area (Å²) in [7, 11) is 0. The molecule has 2 N–H and O–H groups in total. The molecule has 110 valence electrons. The third-order valence-corrected chi connectivity index (χ3v) is 3.92. The lowest BCUT2D eigenvalue weighted by molar-refractivity contribution is 0.0527. The second-order valence-electron chi connectivity index (χ2n) is 5.25. The highest BCUT2D eigenvalue weighted by molar-refractivity contribution is 5.97.